The monoisotopic (exact) mass is 683 g/mol. The van der Waals surface area contributed by atoms with Crippen LogP contribution in [0, 0.1) is 5.41 Å². The predicted octanol–water partition coefficient (Wildman–Crippen LogP) is 7.71. The smallest absolute Gasteiger partial charge is 0.337 e. The van der Waals surface area contributed by atoms with Crippen molar-refractivity contribution in [1.29, 1.82) is 0 Å². The highest BCUT2D eigenvalue weighted by atomic mass is 35.5. The van der Waals surface area contributed by atoms with Gasteiger partial charge in [-0.15, -0.1) is 0 Å². The van der Waals surface area contributed by atoms with Crippen LogP contribution in [0.2, 0.25) is 5.15 Å². The fourth-order valence-electron chi connectivity index (χ4n) is 7.13. The molecule has 2 N–H and O–H groups in total. The average molecular weight is 684 g/mol. The van der Waals surface area contributed by atoms with Gasteiger partial charge in [-0.25, -0.2) is 19.7 Å². The zero-order chi connectivity index (χ0) is 34.7. The van der Waals surface area contributed by atoms with E-state index >= 15 is 0 Å². The van der Waals surface area contributed by atoms with Crippen molar-refractivity contribution in [1.82, 2.24) is 15.0 Å². The molecule has 49 heavy (non-hydrogen) atoms. The third-order valence-corrected chi connectivity index (χ3v) is 10.0. The highest BCUT2D eigenvalue weighted by Crippen LogP contribution is 2.47. The second-order valence-electron chi connectivity index (χ2n) is 14.9. The molecule has 0 unspecified atom stereocenters. The molecule has 0 spiro atoms. The number of aromatic nitrogens is 3. The lowest BCUT2D eigenvalue weighted by atomic mass is 9.82. The molecule has 7 rings (SSSR count). The van der Waals surface area contributed by atoms with Crippen LogP contribution in [0.4, 0.5) is 11.5 Å². The number of fused-ring (bicyclic) bond motifs is 4. The summed E-state index contributed by atoms with van der Waals surface area (Å²) in [6, 6.07) is 14.2. The number of pyridine rings is 1. The van der Waals surface area contributed by atoms with Crippen molar-refractivity contribution in [3.05, 3.63) is 76.3 Å². The van der Waals surface area contributed by atoms with Crippen LogP contribution in [-0.4, -0.2) is 56.4 Å². The van der Waals surface area contributed by atoms with Crippen LogP contribution in [-0.2, 0) is 29.1 Å². The average Bonchev–Trinajstić information content (AvgIpc) is 3.45. The van der Waals surface area contributed by atoms with Gasteiger partial charge in [0.15, 0.2) is 17.5 Å². The molecule has 5 aromatic rings. The molecule has 256 valence electrons. The Labute approximate surface area is 290 Å². The topological polar surface area (TPSA) is 125 Å². The van der Waals surface area contributed by atoms with Crippen molar-refractivity contribution in [3.63, 3.8) is 0 Å². The van der Waals surface area contributed by atoms with Crippen LogP contribution in [0.3, 0.4) is 0 Å². The van der Waals surface area contributed by atoms with Crippen LogP contribution in [0.1, 0.15) is 75.9 Å². The van der Waals surface area contributed by atoms with Crippen LogP contribution in [0.25, 0.3) is 33.2 Å². The lowest BCUT2D eigenvalue weighted by molar-refractivity contribution is -0.160. The number of ether oxygens (including phenoxy) is 1. The van der Waals surface area contributed by atoms with Crippen molar-refractivity contribution in [2.24, 2.45) is 5.41 Å². The second kappa shape index (κ2) is 12.6. The molecule has 3 aromatic heterocycles. The highest BCUT2D eigenvalue weighted by Gasteiger charge is 2.38. The van der Waals surface area contributed by atoms with E-state index in [0.29, 0.717) is 54.3 Å². The molecule has 0 aliphatic carbocycles. The number of carboxylic acids is 1. The van der Waals surface area contributed by atoms with Crippen LogP contribution >= 0.6 is 11.6 Å². The van der Waals surface area contributed by atoms with E-state index in [4.69, 9.17) is 20.8 Å². The lowest BCUT2D eigenvalue weighted by Crippen LogP contribution is -2.39. The Hall–Kier alpha value is -4.25. The van der Waals surface area contributed by atoms with E-state index < -0.39 is 17.7 Å². The summed E-state index contributed by atoms with van der Waals surface area (Å²) in [5, 5.41) is 22.1. The Kier molecular flexibility index (Phi) is 8.53. The van der Waals surface area contributed by atoms with Gasteiger partial charge >= 0.3 is 5.97 Å². The van der Waals surface area contributed by atoms with Gasteiger partial charge in [0.2, 0.25) is 0 Å². The first-order valence-electron chi connectivity index (χ1n) is 16.8. The summed E-state index contributed by atoms with van der Waals surface area (Å²) in [6.07, 6.45) is 2.82. The minimum absolute atomic E-state index is 0.0274. The number of para-hydroxylation sites is 1. The van der Waals surface area contributed by atoms with Crippen molar-refractivity contribution in [2.75, 3.05) is 29.4 Å². The number of aliphatic carboxylic acids is 1. The molecular formula is C38H42ClN5O5. The van der Waals surface area contributed by atoms with Crippen LogP contribution < -0.4 is 9.80 Å². The largest absolute Gasteiger partial charge is 0.479 e. The number of anilines is 2. The number of aliphatic hydroxyl groups is 1. The number of carbonyl (C=O) groups is 1. The van der Waals surface area contributed by atoms with Crippen molar-refractivity contribution in [3.8, 4) is 11.1 Å². The maximum atomic E-state index is 12.8. The van der Waals surface area contributed by atoms with Crippen LogP contribution in [0.5, 0.6) is 0 Å². The van der Waals surface area contributed by atoms with E-state index in [9.17, 15) is 15.0 Å². The maximum absolute atomic E-state index is 12.8. The summed E-state index contributed by atoms with van der Waals surface area (Å²) in [5.41, 5.74) is 6.88. The Balaban J connectivity index is 1.32. The zero-order valence-electron chi connectivity index (χ0n) is 28.6. The van der Waals surface area contributed by atoms with Gasteiger partial charge in [-0.1, -0.05) is 55.8 Å². The molecule has 0 amide bonds. The molecule has 2 aromatic carbocycles. The first-order chi connectivity index (χ1) is 23.3. The molecule has 0 radical (unpaired) electrons. The summed E-state index contributed by atoms with van der Waals surface area (Å²) in [4.78, 5) is 31.0. The van der Waals surface area contributed by atoms with E-state index in [1.807, 2.05) is 51.1 Å². The number of benzene rings is 2. The Morgan fingerprint density at radius 2 is 1.82 bits per heavy atom. The SMILES string of the molecule is CC1(C)CCN(c2c(-c3ccc4c(c3)CCN(c3ncnc5c3oc3ccccc35)C4)c(CO)nc(Cl)c2[C@H](OC(C)(C)C)C(=O)O)CC1. The molecule has 0 bridgehead atoms. The molecule has 2 aliphatic rings. The molecule has 5 heterocycles. The molecular weight excluding hydrogens is 642 g/mol. The van der Waals surface area contributed by atoms with Gasteiger partial charge in [0.25, 0.3) is 0 Å². The molecule has 1 fully saturated rings. The van der Waals surface area contributed by atoms with E-state index in [-0.39, 0.29) is 17.2 Å². The first-order valence-corrected chi connectivity index (χ1v) is 17.2. The summed E-state index contributed by atoms with van der Waals surface area (Å²) in [7, 11) is 0. The quantitative estimate of drug-likeness (QED) is 0.165. The maximum Gasteiger partial charge on any atom is 0.337 e. The highest BCUT2D eigenvalue weighted by molar-refractivity contribution is 6.31. The number of hydrogen-bond acceptors (Lipinski definition) is 9. The molecule has 2 aliphatic heterocycles. The number of aliphatic hydroxyl groups excluding tert-OH is 1. The summed E-state index contributed by atoms with van der Waals surface area (Å²) in [5.74, 6) is -0.382. The number of rotatable bonds is 7. The van der Waals surface area contributed by atoms with Gasteiger partial charge in [0, 0.05) is 37.1 Å². The zero-order valence-corrected chi connectivity index (χ0v) is 29.3. The van der Waals surface area contributed by atoms with Gasteiger partial charge in [-0.2, -0.15) is 0 Å². The first kappa shape index (κ1) is 33.3. The fraction of sp³-hybridized carbons (Fsp3) is 0.421. The summed E-state index contributed by atoms with van der Waals surface area (Å²) in [6.45, 7) is 12.4. The third-order valence-electron chi connectivity index (χ3n) is 9.72. The molecule has 11 heteroatoms. The lowest BCUT2D eigenvalue weighted by Gasteiger charge is -2.41. The number of carboxylic acid groups (broad SMARTS) is 1. The van der Waals surface area contributed by atoms with Gasteiger partial charge in [0.1, 0.15) is 22.6 Å². The number of furan rings is 1. The van der Waals surface area contributed by atoms with Crippen molar-refractivity contribution < 1.29 is 24.2 Å². The fourth-order valence-corrected chi connectivity index (χ4v) is 7.42. The van der Waals surface area contributed by atoms with E-state index in [0.717, 1.165) is 58.3 Å². The normalized spacial score (nSPS) is 17.0. The molecule has 0 saturated carbocycles. The minimum Gasteiger partial charge on any atom is -0.479 e. The Bertz CT molecular complexity index is 2060. The van der Waals surface area contributed by atoms with E-state index in [1.54, 1.807) is 6.33 Å². The third kappa shape index (κ3) is 6.33. The number of halogens is 1. The van der Waals surface area contributed by atoms with E-state index in [2.05, 4.69) is 50.7 Å². The van der Waals surface area contributed by atoms with Crippen LogP contribution in [0.15, 0.2) is 53.2 Å². The number of nitrogens with zero attached hydrogens (tertiary/aromatic N) is 5. The molecule has 10 nitrogen and oxygen atoms in total. The van der Waals surface area contributed by atoms with Gasteiger partial charge < -0.3 is 29.2 Å². The van der Waals surface area contributed by atoms with E-state index in [1.165, 1.54) is 0 Å². The summed E-state index contributed by atoms with van der Waals surface area (Å²) >= 11 is 6.86. The number of hydrogen-bond donors (Lipinski definition) is 2. The predicted molar refractivity (Wildman–Crippen MR) is 191 cm³/mol. The van der Waals surface area contributed by atoms with Gasteiger partial charge in [-0.05, 0) is 74.3 Å². The van der Waals surface area contributed by atoms with Crippen molar-refractivity contribution in [2.45, 2.75) is 78.7 Å². The Morgan fingerprint density at radius 3 is 2.53 bits per heavy atom. The summed E-state index contributed by atoms with van der Waals surface area (Å²) < 4.78 is 12.4. The molecule has 1 atom stereocenters. The second-order valence-corrected chi connectivity index (χ2v) is 15.2. The standard InChI is InChI=1S/C38H42ClN5O5/c1-37(2,3)49-32(36(46)47)29-31(43-16-13-38(4,5)14-17-43)28(26(20-45)42-34(29)39)23-10-11-24-19-44(15-12-22(24)18-23)35-33-30(40-21-41-35)25-8-6-7-9-27(25)48-33/h6-11,18,21,32,45H,12-17,19-20H2,1-5H3,(H,46,47)/t32-/m0/s1. The molecule has 1 saturated heterocycles. The van der Waals surface area contributed by atoms with Crippen molar-refractivity contribution >= 4 is 51.1 Å². The van der Waals surface area contributed by atoms with Gasteiger partial charge in [0.05, 0.1) is 29.2 Å². The Morgan fingerprint density at radius 1 is 1.06 bits per heavy atom. The minimum atomic E-state index is -1.36. The van der Waals surface area contributed by atoms with Gasteiger partial charge in [-0.3, -0.25) is 0 Å². The number of piperidine rings is 1.